The van der Waals surface area contributed by atoms with Crippen LogP contribution in [0.2, 0.25) is 0 Å². The number of aliphatic hydroxyl groups excluding tert-OH is 4. The lowest BCUT2D eigenvalue weighted by Crippen LogP contribution is -2.59. The van der Waals surface area contributed by atoms with E-state index < -0.39 is 49.2 Å². The average molecular weight is 312 g/mol. The molecule has 0 saturated carbocycles. The van der Waals surface area contributed by atoms with Crippen LogP contribution in [0.3, 0.4) is 0 Å². The summed E-state index contributed by atoms with van der Waals surface area (Å²) in [6.07, 6.45) is -7.18. The van der Waals surface area contributed by atoms with E-state index in [1.807, 2.05) is 6.07 Å². The maximum Gasteiger partial charge on any atom is 0.313 e. The zero-order chi connectivity index (χ0) is 16.3. The van der Waals surface area contributed by atoms with Crippen molar-refractivity contribution in [1.82, 2.24) is 0 Å². The molecule has 1 aromatic rings. The van der Waals surface area contributed by atoms with Gasteiger partial charge in [0, 0.05) is 0 Å². The van der Waals surface area contributed by atoms with Gasteiger partial charge >= 0.3 is 5.97 Å². The van der Waals surface area contributed by atoms with Gasteiger partial charge in [0.15, 0.2) is 12.4 Å². The van der Waals surface area contributed by atoms with E-state index in [-0.39, 0.29) is 0 Å². The Kier molecular flexibility index (Phi) is 5.49. The average Bonchev–Trinajstić information content (AvgIpc) is 2.54. The Labute approximate surface area is 127 Å². The van der Waals surface area contributed by atoms with Gasteiger partial charge in [-0.1, -0.05) is 30.3 Å². The van der Waals surface area contributed by atoms with Crippen LogP contribution in [0.5, 0.6) is 0 Å². The molecule has 22 heavy (non-hydrogen) atoms. The van der Waals surface area contributed by atoms with Gasteiger partial charge in [-0.25, -0.2) is 0 Å². The van der Waals surface area contributed by atoms with E-state index >= 15 is 0 Å². The van der Waals surface area contributed by atoms with Crippen molar-refractivity contribution in [2.45, 2.75) is 43.5 Å². The van der Waals surface area contributed by atoms with E-state index in [2.05, 4.69) is 0 Å². The van der Waals surface area contributed by atoms with Crippen LogP contribution in [0.1, 0.15) is 18.4 Å². The molecule has 1 saturated heterocycles. The predicted molar refractivity (Wildman–Crippen MR) is 74.7 cm³/mol. The standard InChI is InChI=1S/C15H20O7/c1-8(9-5-3-2-4-6-9)14(19)22-13-12(18)11(17)10(7-16)21-15(13)20/h2-6,8,10-13,15-18,20H,7H2,1H3. The first kappa shape index (κ1) is 16.9. The Morgan fingerprint density at radius 3 is 2.45 bits per heavy atom. The van der Waals surface area contributed by atoms with Crippen molar-refractivity contribution in [1.29, 1.82) is 0 Å². The third-order valence-electron chi connectivity index (χ3n) is 3.75. The molecule has 1 aromatic carbocycles. The van der Waals surface area contributed by atoms with Gasteiger partial charge in [0.25, 0.3) is 0 Å². The van der Waals surface area contributed by atoms with Crippen molar-refractivity contribution in [3.8, 4) is 0 Å². The molecule has 1 heterocycles. The number of ether oxygens (including phenoxy) is 2. The summed E-state index contributed by atoms with van der Waals surface area (Å²) >= 11 is 0. The van der Waals surface area contributed by atoms with Gasteiger partial charge in [-0.15, -0.1) is 0 Å². The van der Waals surface area contributed by atoms with Crippen LogP contribution in [-0.2, 0) is 14.3 Å². The van der Waals surface area contributed by atoms with Gasteiger partial charge in [0.05, 0.1) is 12.5 Å². The fourth-order valence-corrected chi connectivity index (χ4v) is 2.31. The first-order valence-electron chi connectivity index (χ1n) is 7.01. The highest BCUT2D eigenvalue weighted by Gasteiger charge is 2.46. The van der Waals surface area contributed by atoms with Crippen LogP contribution in [-0.4, -0.2) is 63.7 Å². The second-order valence-corrected chi connectivity index (χ2v) is 5.26. The summed E-state index contributed by atoms with van der Waals surface area (Å²) in [7, 11) is 0. The van der Waals surface area contributed by atoms with E-state index in [4.69, 9.17) is 14.6 Å². The van der Waals surface area contributed by atoms with E-state index in [1.165, 1.54) is 0 Å². The van der Waals surface area contributed by atoms with Gasteiger partial charge in [0.1, 0.15) is 18.3 Å². The lowest BCUT2D eigenvalue weighted by atomic mass is 9.98. The summed E-state index contributed by atoms with van der Waals surface area (Å²) in [4.78, 5) is 12.1. The van der Waals surface area contributed by atoms with Crippen LogP contribution < -0.4 is 0 Å². The number of hydrogen-bond donors (Lipinski definition) is 4. The lowest BCUT2D eigenvalue weighted by Gasteiger charge is -2.39. The molecule has 0 amide bonds. The summed E-state index contributed by atoms with van der Waals surface area (Å²) in [5.74, 6) is -1.26. The molecule has 7 nitrogen and oxygen atoms in total. The van der Waals surface area contributed by atoms with Crippen LogP contribution in [0.15, 0.2) is 30.3 Å². The second kappa shape index (κ2) is 7.17. The van der Waals surface area contributed by atoms with Crippen LogP contribution >= 0.6 is 0 Å². The van der Waals surface area contributed by atoms with Crippen molar-refractivity contribution >= 4 is 5.97 Å². The molecule has 1 aliphatic rings. The highest BCUT2D eigenvalue weighted by Crippen LogP contribution is 2.25. The highest BCUT2D eigenvalue weighted by molar-refractivity contribution is 5.77. The second-order valence-electron chi connectivity index (χ2n) is 5.26. The van der Waals surface area contributed by atoms with Crippen molar-refractivity contribution in [3.63, 3.8) is 0 Å². The molecule has 0 radical (unpaired) electrons. The Morgan fingerprint density at radius 1 is 1.23 bits per heavy atom. The summed E-state index contributed by atoms with van der Waals surface area (Å²) < 4.78 is 10.0. The van der Waals surface area contributed by atoms with Crippen molar-refractivity contribution in [3.05, 3.63) is 35.9 Å². The predicted octanol–water partition coefficient (Wildman–Crippen LogP) is -0.867. The number of aliphatic hydroxyl groups is 4. The van der Waals surface area contributed by atoms with Gasteiger partial charge < -0.3 is 29.9 Å². The van der Waals surface area contributed by atoms with Gasteiger partial charge in [-0.05, 0) is 12.5 Å². The first-order valence-corrected chi connectivity index (χ1v) is 7.01. The molecule has 0 bridgehead atoms. The maximum atomic E-state index is 12.1. The molecule has 122 valence electrons. The molecule has 0 aromatic heterocycles. The third kappa shape index (κ3) is 3.45. The molecule has 1 aliphatic heterocycles. The molecule has 6 unspecified atom stereocenters. The molecule has 2 rings (SSSR count). The summed E-state index contributed by atoms with van der Waals surface area (Å²) in [5.41, 5.74) is 0.724. The summed E-state index contributed by atoms with van der Waals surface area (Å²) in [5, 5.41) is 38.5. The van der Waals surface area contributed by atoms with Crippen molar-refractivity contribution in [2.24, 2.45) is 0 Å². The number of esters is 1. The summed E-state index contributed by atoms with van der Waals surface area (Å²) in [6.45, 7) is 1.06. The highest BCUT2D eigenvalue weighted by atomic mass is 16.7. The van der Waals surface area contributed by atoms with Crippen LogP contribution in [0, 0.1) is 0 Å². The summed E-state index contributed by atoms with van der Waals surface area (Å²) in [6, 6.07) is 8.89. The SMILES string of the molecule is CC(C(=O)OC1C(O)OC(CO)C(O)C1O)c1ccccc1. The van der Waals surface area contributed by atoms with Gasteiger partial charge in [-0.2, -0.15) is 0 Å². The van der Waals surface area contributed by atoms with Gasteiger partial charge in [0.2, 0.25) is 0 Å². The molecular formula is C15H20O7. The first-order chi connectivity index (χ1) is 10.5. The fourth-order valence-electron chi connectivity index (χ4n) is 2.31. The normalized spacial score (nSPS) is 33.2. The van der Waals surface area contributed by atoms with E-state index in [9.17, 15) is 20.1 Å². The molecular weight excluding hydrogens is 292 g/mol. The molecule has 1 fully saturated rings. The lowest BCUT2D eigenvalue weighted by molar-refractivity contribution is -0.291. The van der Waals surface area contributed by atoms with Crippen LogP contribution in [0.25, 0.3) is 0 Å². The fraction of sp³-hybridized carbons (Fsp3) is 0.533. The minimum absolute atomic E-state index is 0.573. The quantitative estimate of drug-likeness (QED) is 0.534. The molecule has 0 spiro atoms. The smallest absolute Gasteiger partial charge is 0.313 e. The number of carbonyl (C=O) groups is 1. The van der Waals surface area contributed by atoms with E-state index in [1.54, 1.807) is 31.2 Å². The topological polar surface area (TPSA) is 116 Å². The zero-order valence-corrected chi connectivity index (χ0v) is 12.1. The molecule has 7 heteroatoms. The third-order valence-corrected chi connectivity index (χ3v) is 3.75. The molecule has 4 N–H and O–H groups in total. The zero-order valence-electron chi connectivity index (χ0n) is 12.1. The number of rotatable bonds is 4. The van der Waals surface area contributed by atoms with E-state index in [0.717, 1.165) is 5.56 Å². The number of hydrogen-bond acceptors (Lipinski definition) is 7. The minimum atomic E-state index is -1.62. The Morgan fingerprint density at radius 2 is 1.86 bits per heavy atom. The largest absolute Gasteiger partial charge is 0.454 e. The molecule has 0 aliphatic carbocycles. The number of carbonyl (C=O) groups excluding carboxylic acids is 1. The number of benzene rings is 1. The van der Waals surface area contributed by atoms with Crippen LogP contribution in [0.4, 0.5) is 0 Å². The monoisotopic (exact) mass is 312 g/mol. The van der Waals surface area contributed by atoms with Gasteiger partial charge in [-0.3, -0.25) is 4.79 Å². The Hall–Kier alpha value is -1.51. The van der Waals surface area contributed by atoms with Crippen molar-refractivity contribution < 1.29 is 34.7 Å². The minimum Gasteiger partial charge on any atom is -0.454 e. The maximum absolute atomic E-state index is 12.1. The Balaban J connectivity index is 2.04. The van der Waals surface area contributed by atoms with Crippen molar-refractivity contribution in [2.75, 3.05) is 6.61 Å². The Bertz CT molecular complexity index is 492. The molecule has 6 atom stereocenters. The van der Waals surface area contributed by atoms with E-state index in [0.29, 0.717) is 0 Å².